The van der Waals surface area contributed by atoms with E-state index in [1.807, 2.05) is 4.90 Å². The van der Waals surface area contributed by atoms with Crippen molar-refractivity contribution in [2.24, 2.45) is 11.7 Å². The fourth-order valence-electron chi connectivity index (χ4n) is 3.28. The Balaban J connectivity index is 1.70. The van der Waals surface area contributed by atoms with Gasteiger partial charge in [-0.05, 0) is 39.8 Å². The van der Waals surface area contributed by atoms with Crippen LogP contribution >= 0.6 is 0 Å². The van der Waals surface area contributed by atoms with E-state index in [1.54, 1.807) is 13.8 Å². The minimum absolute atomic E-state index is 0.120. The molecule has 1 aliphatic heterocycles. The normalized spacial score (nSPS) is 16.2. The van der Waals surface area contributed by atoms with E-state index >= 15 is 0 Å². The van der Waals surface area contributed by atoms with Crippen molar-refractivity contribution >= 4 is 28.5 Å². The number of rotatable bonds is 4. The Morgan fingerprint density at radius 2 is 2.00 bits per heavy atom. The molecule has 0 aromatic carbocycles. The smallest absolute Gasteiger partial charge is 0.277 e. The van der Waals surface area contributed by atoms with E-state index in [4.69, 9.17) is 10.2 Å². The zero-order valence-corrected chi connectivity index (χ0v) is 14.2. The summed E-state index contributed by atoms with van der Waals surface area (Å²) in [6, 6.07) is 0. The molecule has 0 spiro atoms. The highest BCUT2D eigenvalue weighted by Gasteiger charge is 2.25. The lowest BCUT2D eigenvalue weighted by molar-refractivity contribution is -0.123. The summed E-state index contributed by atoms with van der Waals surface area (Å²) < 4.78 is 5.56. The number of aryl methyl sites for hydroxylation is 2. The molecular formula is C16H21N5O4. The molecule has 0 aliphatic carbocycles. The van der Waals surface area contributed by atoms with Crippen LogP contribution < -0.4 is 16.6 Å². The first-order valence-electron chi connectivity index (χ1n) is 8.16. The molecule has 0 unspecified atom stereocenters. The number of amides is 2. The van der Waals surface area contributed by atoms with E-state index in [0.717, 1.165) is 0 Å². The van der Waals surface area contributed by atoms with Crippen LogP contribution in [-0.2, 0) is 9.59 Å². The van der Waals surface area contributed by atoms with Crippen molar-refractivity contribution in [1.29, 1.82) is 0 Å². The highest BCUT2D eigenvalue weighted by molar-refractivity contribution is 6.01. The van der Waals surface area contributed by atoms with Crippen LogP contribution in [0.4, 0.5) is 5.88 Å². The van der Waals surface area contributed by atoms with Crippen molar-refractivity contribution < 1.29 is 14.0 Å². The van der Waals surface area contributed by atoms with Crippen molar-refractivity contribution in [2.45, 2.75) is 26.7 Å². The molecule has 0 atom stereocenters. The number of fused-ring (bicyclic) bond motifs is 1. The average Bonchev–Trinajstić information content (AvgIpc) is 2.89. The third kappa shape index (κ3) is 3.41. The average molecular weight is 347 g/mol. The molecule has 2 aromatic heterocycles. The number of H-pyrrole nitrogens is 1. The van der Waals surface area contributed by atoms with E-state index in [1.165, 1.54) is 0 Å². The Kier molecular flexibility index (Phi) is 4.58. The number of likely N-dealkylation sites (tertiary alicyclic amines) is 1. The topological polar surface area (TPSA) is 134 Å². The van der Waals surface area contributed by atoms with Gasteiger partial charge in [0.25, 0.3) is 5.56 Å². The van der Waals surface area contributed by atoms with Gasteiger partial charge in [0.1, 0.15) is 11.1 Å². The number of carbonyl (C=O) groups excluding carboxylic acids is 2. The summed E-state index contributed by atoms with van der Waals surface area (Å²) in [7, 11) is 0. The zero-order chi connectivity index (χ0) is 18.1. The fraction of sp³-hybridized carbons (Fsp3) is 0.500. The first kappa shape index (κ1) is 17.2. The van der Waals surface area contributed by atoms with Gasteiger partial charge in [-0.2, -0.15) is 5.10 Å². The molecule has 9 heteroatoms. The van der Waals surface area contributed by atoms with Gasteiger partial charge in [-0.25, -0.2) is 5.10 Å². The van der Waals surface area contributed by atoms with Crippen LogP contribution in [0.15, 0.2) is 9.21 Å². The SMILES string of the molecule is Cc1n[nH]c(=O)c2c(NC(=O)CN3CCC(C(N)=O)CC3)oc(C)c12. The third-order valence-corrected chi connectivity index (χ3v) is 4.61. The van der Waals surface area contributed by atoms with E-state index in [0.29, 0.717) is 48.2 Å². The van der Waals surface area contributed by atoms with Crippen LogP contribution in [0, 0.1) is 19.8 Å². The van der Waals surface area contributed by atoms with Crippen molar-refractivity contribution in [2.75, 3.05) is 25.0 Å². The van der Waals surface area contributed by atoms with E-state index < -0.39 is 5.56 Å². The minimum atomic E-state index is -0.407. The lowest BCUT2D eigenvalue weighted by atomic mass is 9.96. The summed E-state index contributed by atoms with van der Waals surface area (Å²) in [5.41, 5.74) is 5.53. The van der Waals surface area contributed by atoms with Crippen molar-refractivity contribution in [3.05, 3.63) is 21.8 Å². The van der Waals surface area contributed by atoms with Gasteiger partial charge in [0, 0.05) is 5.92 Å². The predicted octanol–water partition coefficient (Wildman–Crippen LogP) is 0.269. The number of aromatic nitrogens is 2. The third-order valence-electron chi connectivity index (χ3n) is 4.61. The molecule has 0 radical (unpaired) electrons. The number of nitrogens with two attached hydrogens (primary N) is 1. The minimum Gasteiger partial charge on any atom is -0.444 e. The standard InChI is InChI=1S/C16H21N5O4/c1-8-12-9(2)25-16(13(12)15(24)20-19-8)18-11(22)7-21-5-3-10(4-6-21)14(17)23/h10H,3-7H2,1-2H3,(H2,17,23)(H,18,22)(H,20,24). The molecule has 0 bridgehead atoms. The number of carbonyl (C=O) groups is 2. The van der Waals surface area contributed by atoms with Crippen LogP contribution in [0.2, 0.25) is 0 Å². The number of hydrogen-bond donors (Lipinski definition) is 3. The summed E-state index contributed by atoms with van der Waals surface area (Å²) in [5.74, 6) is -0.0168. The molecule has 4 N–H and O–H groups in total. The largest absolute Gasteiger partial charge is 0.444 e. The number of aromatic amines is 1. The van der Waals surface area contributed by atoms with Gasteiger partial charge in [0.05, 0.1) is 17.6 Å². The molecule has 1 saturated heterocycles. The maximum atomic E-state index is 12.3. The Bertz CT molecular complexity index is 877. The van der Waals surface area contributed by atoms with Gasteiger partial charge in [-0.3, -0.25) is 24.6 Å². The molecule has 2 aromatic rings. The van der Waals surface area contributed by atoms with Gasteiger partial charge in [-0.1, -0.05) is 0 Å². The molecule has 3 rings (SSSR count). The van der Waals surface area contributed by atoms with E-state index in [-0.39, 0.29) is 30.2 Å². The molecule has 2 amide bonds. The number of anilines is 1. The summed E-state index contributed by atoms with van der Waals surface area (Å²) >= 11 is 0. The molecule has 1 aliphatic rings. The van der Waals surface area contributed by atoms with Crippen molar-refractivity contribution in [1.82, 2.24) is 15.1 Å². The molecule has 1 fully saturated rings. The summed E-state index contributed by atoms with van der Waals surface area (Å²) in [4.78, 5) is 37.5. The lowest BCUT2D eigenvalue weighted by Crippen LogP contribution is -2.42. The van der Waals surface area contributed by atoms with E-state index in [9.17, 15) is 14.4 Å². The quantitative estimate of drug-likeness (QED) is 0.726. The van der Waals surface area contributed by atoms with Crippen molar-refractivity contribution in [3.8, 4) is 0 Å². The van der Waals surface area contributed by atoms with Gasteiger partial charge >= 0.3 is 0 Å². The Hall–Kier alpha value is -2.68. The van der Waals surface area contributed by atoms with Crippen LogP contribution in [-0.4, -0.2) is 46.5 Å². The monoisotopic (exact) mass is 347 g/mol. The number of primary amides is 1. The number of hydrogen-bond acceptors (Lipinski definition) is 6. The molecule has 134 valence electrons. The summed E-state index contributed by atoms with van der Waals surface area (Å²) in [5, 5.41) is 9.89. The summed E-state index contributed by atoms with van der Waals surface area (Å²) in [6.07, 6.45) is 1.30. The second-order valence-corrected chi connectivity index (χ2v) is 6.38. The van der Waals surface area contributed by atoms with Crippen LogP contribution in [0.3, 0.4) is 0 Å². The second-order valence-electron chi connectivity index (χ2n) is 6.38. The van der Waals surface area contributed by atoms with Crippen LogP contribution in [0.5, 0.6) is 0 Å². The second kappa shape index (κ2) is 6.67. The molecule has 9 nitrogen and oxygen atoms in total. The molecular weight excluding hydrogens is 326 g/mol. The van der Waals surface area contributed by atoms with Gasteiger partial charge in [0.15, 0.2) is 0 Å². The first-order chi connectivity index (χ1) is 11.9. The zero-order valence-electron chi connectivity index (χ0n) is 14.2. The molecule has 3 heterocycles. The van der Waals surface area contributed by atoms with Gasteiger partial charge in [0.2, 0.25) is 17.7 Å². The highest BCUT2D eigenvalue weighted by Crippen LogP contribution is 2.28. The maximum Gasteiger partial charge on any atom is 0.277 e. The maximum absolute atomic E-state index is 12.3. The first-order valence-corrected chi connectivity index (χ1v) is 8.16. The van der Waals surface area contributed by atoms with E-state index in [2.05, 4.69) is 15.5 Å². The number of nitrogens with zero attached hydrogens (tertiary/aromatic N) is 2. The summed E-state index contributed by atoms with van der Waals surface area (Å²) in [6.45, 7) is 4.90. The number of furan rings is 1. The Morgan fingerprint density at radius 1 is 1.32 bits per heavy atom. The van der Waals surface area contributed by atoms with Gasteiger partial charge < -0.3 is 10.2 Å². The molecule has 25 heavy (non-hydrogen) atoms. The lowest BCUT2D eigenvalue weighted by Gasteiger charge is -2.29. The van der Waals surface area contributed by atoms with Crippen LogP contribution in [0.25, 0.3) is 10.8 Å². The van der Waals surface area contributed by atoms with Crippen LogP contribution in [0.1, 0.15) is 24.3 Å². The Labute approximate surface area is 143 Å². The van der Waals surface area contributed by atoms with Crippen molar-refractivity contribution in [3.63, 3.8) is 0 Å². The number of piperidine rings is 1. The number of nitrogens with one attached hydrogen (secondary N) is 2. The Morgan fingerprint density at radius 3 is 2.64 bits per heavy atom. The predicted molar refractivity (Wildman–Crippen MR) is 91.1 cm³/mol. The van der Waals surface area contributed by atoms with Gasteiger partial charge in [-0.15, -0.1) is 0 Å². The highest BCUT2D eigenvalue weighted by atomic mass is 16.4. The molecule has 0 saturated carbocycles. The fourth-order valence-corrected chi connectivity index (χ4v) is 3.28.